The van der Waals surface area contributed by atoms with Crippen molar-refractivity contribution < 1.29 is 26.9 Å². The number of halogens is 1. The van der Waals surface area contributed by atoms with Crippen molar-refractivity contribution in [2.75, 3.05) is 6.61 Å². The van der Waals surface area contributed by atoms with Gasteiger partial charge in [-0.15, -0.1) is 0 Å². The lowest BCUT2D eigenvalue weighted by Gasteiger charge is -2.31. The van der Waals surface area contributed by atoms with Crippen LogP contribution in [0.5, 0.6) is 0 Å². The Hall–Kier alpha value is -0.0162. The lowest BCUT2D eigenvalue weighted by molar-refractivity contribution is -0.146. The fourth-order valence-corrected chi connectivity index (χ4v) is 8.88. The highest BCUT2D eigenvalue weighted by atomic mass is 31.2. The molecule has 9 heteroatoms. The van der Waals surface area contributed by atoms with Crippen molar-refractivity contribution >= 4 is 30.2 Å². The van der Waals surface area contributed by atoms with Gasteiger partial charge in [-0.3, -0.25) is 4.57 Å². The molecular weight excluding hydrogens is 306 g/mol. The quantitative estimate of drug-likeness (QED) is 0.404. The van der Waals surface area contributed by atoms with Crippen LogP contribution >= 0.6 is 7.60 Å². The molecule has 5 nitrogen and oxygen atoms in total. The molecule has 0 N–H and O–H groups in total. The van der Waals surface area contributed by atoms with E-state index in [0.29, 0.717) is 0 Å². The van der Waals surface area contributed by atoms with E-state index in [1.807, 2.05) is 0 Å². The Morgan fingerprint density at radius 3 is 1.74 bits per heavy atom. The van der Waals surface area contributed by atoms with Gasteiger partial charge in [0.25, 0.3) is 5.91 Å². The smallest absolute Gasteiger partial charge is 0.356 e. The standard InChI is InChI=1S/C10H24FO5PSi2/c1-8-14-10(12)9(11)17(13,15-18(2,3)4)16-19(5,6)7/h9H,8H2,1-7H3. The van der Waals surface area contributed by atoms with Crippen LogP contribution in [0.1, 0.15) is 6.92 Å². The molecule has 0 aromatic heterocycles. The van der Waals surface area contributed by atoms with Crippen LogP contribution in [0.3, 0.4) is 0 Å². The van der Waals surface area contributed by atoms with E-state index < -0.39 is 36.1 Å². The molecule has 114 valence electrons. The van der Waals surface area contributed by atoms with Crippen LogP contribution in [-0.2, 0) is 22.5 Å². The molecule has 0 bridgehead atoms. The summed E-state index contributed by atoms with van der Waals surface area (Å²) in [4.78, 5) is 11.5. The molecule has 0 heterocycles. The summed E-state index contributed by atoms with van der Waals surface area (Å²) in [6.07, 6.45) is 0. The summed E-state index contributed by atoms with van der Waals surface area (Å²) in [6.45, 7) is 12.1. The third-order valence-corrected chi connectivity index (χ3v) is 8.74. The van der Waals surface area contributed by atoms with Gasteiger partial charge in [0.1, 0.15) is 0 Å². The Kier molecular flexibility index (Phi) is 6.62. The van der Waals surface area contributed by atoms with Crippen molar-refractivity contribution in [3.63, 3.8) is 0 Å². The molecule has 1 unspecified atom stereocenters. The summed E-state index contributed by atoms with van der Waals surface area (Å²) < 4.78 is 42.0. The van der Waals surface area contributed by atoms with E-state index in [0.717, 1.165) is 0 Å². The minimum Gasteiger partial charge on any atom is -0.463 e. The maximum Gasteiger partial charge on any atom is 0.356 e. The van der Waals surface area contributed by atoms with E-state index in [1.54, 1.807) is 46.2 Å². The van der Waals surface area contributed by atoms with Crippen molar-refractivity contribution in [3.8, 4) is 0 Å². The summed E-state index contributed by atoms with van der Waals surface area (Å²) in [6, 6.07) is 0. The lowest BCUT2D eigenvalue weighted by atomic mass is 10.7. The Labute approximate surface area is 116 Å². The first-order valence-corrected chi connectivity index (χ1v) is 14.6. The van der Waals surface area contributed by atoms with Gasteiger partial charge in [0.2, 0.25) is 0 Å². The Balaban J connectivity index is 5.27. The molecule has 1 atom stereocenters. The zero-order valence-electron chi connectivity index (χ0n) is 12.7. The van der Waals surface area contributed by atoms with Gasteiger partial charge in [0.05, 0.1) is 6.61 Å². The average Bonchev–Trinajstić information content (AvgIpc) is 2.10. The van der Waals surface area contributed by atoms with Crippen LogP contribution < -0.4 is 0 Å². The molecule has 0 radical (unpaired) electrons. The van der Waals surface area contributed by atoms with Crippen LogP contribution in [0.25, 0.3) is 0 Å². The van der Waals surface area contributed by atoms with Crippen molar-refractivity contribution in [2.45, 2.75) is 52.1 Å². The van der Waals surface area contributed by atoms with Gasteiger partial charge in [-0.05, 0) is 46.2 Å². The molecule has 0 aliphatic carbocycles. The molecule has 0 saturated carbocycles. The largest absolute Gasteiger partial charge is 0.463 e. The highest BCUT2D eigenvalue weighted by Crippen LogP contribution is 2.57. The van der Waals surface area contributed by atoms with E-state index in [4.69, 9.17) is 8.43 Å². The van der Waals surface area contributed by atoms with Gasteiger partial charge in [0.15, 0.2) is 16.6 Å². The van der Waals surface area contributed by atoms with E-state index in [-0.39, 0.29) is 6.61 Å². The molecule has 0 aromatic rings. The maximum atomic E-state index is 14.1. The topological polar surface area (TPSA) is 61.8 Å². The van der Waals surface area contributed by atoms with Crippen LogP contribution in [0.4, 0.5) is 4.39 Å². The maximum absolute atomic E-state index is 14.1. The van der Waals surface area contributed by atoms with Gasteiger partial charge in [-0.1, -0.05) is 0 Å². The summed E-state index contributed by atoms with van der Waals surface area (Å²) in [5, 5.41) is 0. The van der Waals surface area contributed by atoms with Gasteiger partial charge in [-0.25, -0.2) is 9.18 Å². The SMILES string of the molecule is CCOC(=O)C(F)P(=O)(O[Si](C)(C)C)O[Si](C)(C)C. The number of alkyl halides is 1. The molecule has 19 heavy (non-hydrogen) atoms. The van der Waals surface area contributed by atoms with Crippen molar-refractivity contribution in [3.05, 3.63) is 0 Å². The number of hydrogen-bond acceptors (Lipinski definition) is 5. The molecule has 0 rings (SSSR count). The van der Waals surface area contributed by atoms with Gasteiger partial charge >= 0.3 is 13.6 Å². The number of carbonyl (C=O) groups excluding carboxylic acids is 1. The first kappa shape index (κ1) is 19.0. The molecule has 0 aliphatic rings. The molecule has 0 aromatic carbocycles. The number of rotatable bonds is 7. The highest BCUT2D eigenvalue weighted by Gasteiger charge is 2.48. The zero-order valence-corrected chi connectivity index (χ0v) is 15.5. The summed E-state index contributed by atoms with van der Waals surface area (Å²) in [5.74, 6) is -3.58. The second-order valence-electron chi connectivity index (χ2n) is 6.04. The molecular formula is C10H24FO5PSi2. The minimum atomic E-state index is -4.16. The van der Waals surface area contributed by atoms with E-state index in [2.05, 4.69) is 4.74 Å². The third-order valence-electron chi connectivity index (χ3n) is 1.56. The summed E-state index contributed by atoms with van der Waals surface area (Å²) in [5.41, 5.74) is 0. The zero-order chi connectivity index (χ0) is 15.5. The fraction of sp³-hybridized carbons (Fsp3) is 0.900. The number of hydrogen-bond donors (Lipinski definition) is 0. The van der Waals surface area contributed by atoms with E-state index in [9.17, 15) is 13.8 Å². The van der Waals surface area contributed by atoms with E-state index in [1.165, 1.54) is 0 Å². The Morgan fingerprint density at radius 1 is 1.11 bits per heavy atom. The third kappa shape index (κ3) is 7.36. The van der Waals surface area contributed by atoms with Gasteiger partial charge < -0.3 is 13.2 Å². The molecule has 0 fully saturated rings. The van der Waals surface area contributed by atoms with E-state index >= 15 is 0 Å². The molecule has 0 aliphatic heterocycles. The minimum absolute atomic E-state index is 0.0130. The summed E-state index contributed by atoms with van der Waals surface area (Å²) >= 11 is 0. The van der Waals surface area contributed by atoms with Gasteiger partial charge in [0, 0.05) is 0 Å². The molecule has 0 amide bonds. The summed E-state index contributed by atoms with van der Waals surface area (Å²) in [7, 11) is -8.83. The monoisotopic (exact) mass is 330 g/mol. The van der Waals surface area contributed by atoms with Gasteiger partial charge in [-0.2, -0.15) is 0 Å². The lowest BCUT2D eigenvalue weighted by Crippen LogP contribution is -2.34. The number of carbonyl (C=O) groups is 1. The second kappa shape index (κ2) is 6.62. The number of ether oxygens (including phenoxy) is 1. The molecule has 0 saturated heterocycles. The molecule has 0 spiro atoms. The first-order valence-electron chi connectivity index (χ1n) is 6.13. The van der Waals surface area contributed by atoms with Crippen LogP contribution in [0.2, 0.25) is 39.3 Å². The van der Waals surface area contributed by atoms with Crippen molar-refractivity contribution in [2.24, 2.45) is 0 Å². The predicted molar refractivity (Wildman–Crippen MR) is 78.0 cm³/mol. The normalized spacial score (nSPS) is 15.2. The first-order chi connectivity index (χ1) is 8.31. The Morgan fingerprint density at radius 2 is 1.47 bits per heavy atom. The van der Waals surface area contributed by atoms with Crippen LogP contribution in [-0.4, -0.2) is 35.1 Å². The second-order valence-corrected chi connectivity index (χ2v) is 17.5. The highest BCUT2D eigenvalue weighted by molar-refractivity contribution is 7.58. The number of esters is 1. The van der Waals surface area contributed by atoms with Crippen LogP contribution in [0.15, 0.2) is 0 Å². The van der Waals surface area contributed by atoms with Crippen LogP contribution in [0, 0.1) is 0 Å². The Bertz CT molecular complexity index is 344. The fourth-order valence-electron chi connectivity index (χ4n) is 1.21. The van der Waals surface area contributed by atoms with Crippen molar-refractivity contribution in [1.82, 2.24) is 0 Å². The predicted octanol–water partition coefficient (Wildman–Crippen LogP) is 3.74. The van der Waals surface area contributed by atoms with Crippen molar-refractivity contribution in [1.29, 1.82) is 0 Å². The average molecular weight is 330 g/mol.